The number of aromatic nitrogens is 2. The molecule has 0 fully saturated rings. The van der Waals surface area contributed by atoms with Gasteiger partial charge in [0.25, 0.3) is 0 Å². The molecule has 3 nitrogen and oxygen atoms in total. The molecule has 1 aliphatic rings. The SMILES string of the molecule is CCC1(Nc2ncnc3ccc(I)cc23)C=CC=CC1. The molecule has 0 aliphatic heterocycles. The van der Waals surface area contributed by atoms with E-state index in [1.165, 1.54) is 3.57 Å². The van der Waals surface area contributed by atoms with Crippen molar-refractivity contribution in [2.24, 2.45) is 0 Å². The number of anilines is 1. The molecule has 102 valence electrons. The first kappa shape index (κ1) is 13.5. The number of allylic oxidation sites excluding steroid dienone is 2. The van der Waals surface area contributed by atoms with E-state index in [4.69, 9.17) is 0 Å². The molecule has 4 heteroatoms. The summed E-state index contributed by atoms with van der Waals surface area (Å²) in [5.41, 5.74) is 0.932. The number of fused-ring (bicyclic) bond motifs is 1. The number of nitrogens with one attached hydrogen (secondary N) is 1. The smallest absolute Gasteiger partial charge is 0.138 e. The molecule has 1 atom stereocenters. The van der Waals surface area contributed by atoms with Crippen LogP contribution in [0.4, 0.5) is 5.82 Å². The molecule has 1 unspecified atom stereocenters. The van der Waals surface area contributed by atoms with Crippen LogP contribution >= 0.6 is 22.6 Å². The molecule has 0 radical (unpaired) electrons. The highest BCUT2D eigenvalue weighted by atomic mass is 127. The zero-order valence-electron chi connectivity index (χ0n) is 11.3. The molecule has 0 amide bonds. The number of nitrogens with zero attached hydrogens (tertiary/aromatic N) is 2. The van der Waals surface area contributed by atoms with Gasteiger partial charge in [-0.25, -0.2) is 9.97 Å². The minimum absolute atomic E-state index is 0.0443. The van der Waals surface area contributed by atoms with Crippen LogP contribution in [0.1, 0.15) is 19.8 Å². The van der Waals surface area contributed by atoms with Crippen LogP contribution in [0.5, 0.6) is 0 Å². The number of hydrogen-bond donors (Lipinski definition) is 1. The molecule has 1 aromatic carbocycles. The van der Waals surface area contributed by atoms with Gasteiger partial charge in [0.15, 0.2) is 0 Å². The van der Waals surface area contributed by atoms with Gasteiger partial charge in [0.2, 0.25) is 0 Å². The van der Waals surface area contributed by atoms with E-state index in [1.54, 1.807) is 6.33 Å². The van der Waals surface area contributed by atoms with Gasteiger partial charge in [-0.2, -0.15) is 0 Å². The van der Waals surface area contributed by atoms with Crippen molar-refractivity contribution >= 4 is 39.3 Å². The van der Waals surface area contributed by atoms with E-state index in [0.717, 1.165) is 29.6 Å². The van der Waals surface area contributed by atoms with Gasteiger partial charge in [0, 0.05) is 8.96 Å². The van der Waals surface area contributed by atoms with Gasteiger partial charge in [-0.05, 0) is 53.6 Å². The van der Waals surface area contributed by atoms with Gasteiger partial charge in [-0.15, -0.1) is 0 Å². The van der Waals surface area contributed by atoms with Crippen LogP contribution < -0.4 is 5.32 Å². The Morgan fingerprint density at radius 2 is 2.20 bits per heavy atom. The summed E-state index contributed by atoms with van der Waals surface area (Å²) in [6, 6.07) is 6.24. The lowest BCUT2D eigenvalue weighted by molar-refractivity contribution is 0.555. The number of halogens is 1. The highest BCUT2D eigenvalue weighted by molar-refractivity contribution is 14.1. The van der Waals surface area contributed by atoms with Crippen molar-refractivity contribution < 1.29 is 0 Å². The molecule has 0 spiro atoms. The normalized spacial score (nSPS) is 21.3. The van der Waals surface area contributed by atoms with Crippen LogP contribution in [0.15, 0.2) is 48.8 Å². The van der Waals surface area contributed by atoms with Crippen molar-refractivity contribution in [3.63, 3.8) is 0 Å². The van der Waals surface area contributed by atoms with Crippen molar-refractivity contribution in [1.29, 1.82) is 0 Å². The quantitative estimate of drug-likeness (QED) is 0.810. The minimum Gasteiger partial charge on any atom is -0.360 e. The van der Waals surface area contributed by atoms with Crippen LogP contribution in [0.3, 0.4) is 0 Å². The van der Waals surface area contributed by atoms with E-state index < -0.39 is 0 Å². The van der Waals surface area contributed by atoms with Crippen molar-refractivity contribution in [3.05, 3.63) is 52.4 Å². The summed E-state index contributed by atoms with van der Waals surface area (Å²) < 4.78 is 1.19. The third-order valence-electron chi connectivity index (χ3n) is 3.74. The first-order chi connectivity index (χ1) is 9.72. The Morgan fingerprint density at radius 3 is 2.95 bits per heavy atom. The molecule has 3 rings (SSSR count). The molecule has 0 bridgehead atoms. The van der Waals surface area contributed by atoms with E-state index in [2.05, 4.69) is 81.2 Å². The summed E-state index contributed by atoms with van der Waals surface area (Å²) in [7, 11) is 0. The molecule has 0 saturated carbocycles. The van der Waals surface area contributed by atoms with Gasteiger partial charge in [-0.1, -0.05) is 31.2 Å². The zero-order chi connectivity index (χ0) is 14.0. The zero-order valence-corrected chi connectivity index (χ0v) is 13.5. The Balaban J connectivity index is 2.04. The second-order valence-corrected chi connectivity index (χ2v) is 6.26. The Hall–Kier alpha value is -1.43. The van der Waals surface area contributed by atoms with E-state index in [9.17, 15) is 0 Å². The van der Waals surface area contributed by atoms with Crippen LogP contribution in [0, 0.1) is 3.57 Å². The van der Waals surface area contributed by atoms with Crippen LogP contribution in [-0.2, 0) is 0 Å². The maximum atomic E-state index is 4.45. The Morgan fingerprint density at radius 1 is 1.30 bits per heavy atom. The average Bonchev–Trinajstić information content (AvgIpc) is 2.49. The maximum Gasteiger partial charge on any atom is 0.138 e. The monoisotopic (exact) mass is 377 g/mol. The number of hydrogen-bond acceptors (Lipinski definition) is 3. The molecule has 1 N–H and O–H groups in total. The van der Waals surface area contributed by atoms with Gasteiger partial charge >= 0.3 is 0 Å². The lowest BCUT2D eigenvalue weighted by Gasteiger charge is -2.32. The average molecular weight is 377 g/mol. The second-order valence-electron chi connectivity index (χ2n) is 5.01. The minimum atomic E-state index is -0.0443. The fraction of sp³-hybridized carbons (Fsp3) is 0.250. The predicted molar refractivity (Wildman–Crippen MR) is 91.8 cm³/mol. The number of benzene rings is 1. The highest BCUT2D eigenvalue weighted by Gasteiger charge is 2.25. The topological polar surface area (TPSA) is 37.8 Å². The van der Waals surface area contributed by atoms with Gasteiger partial charge in [-0.3, -0.25) is 0 Å². The van der Waals surface area contributed by atoms with Crippen LogP contribution in [0.2, 0.25) is 0 Å². The standard InChI is InChI=1S/C16H16IN3/c1-2-16(8-4-3-5-9-16)20-15-13-10-12(17)6-7-14(13)18-11-19-15/h3-8,10-11H,2,9H2,1H3,(H,18,19,20). The van der Waals surface area contributed by atoms with Gasteiger partial charge < -0.3 is 5.32 Å². The summed E-state index contributed by atoms with van der Waals surface area (Å²) in [6.45, 7) is 2.20. The van der Waals surface area contributed by atoms with Crippen molar-refractivity contribution in [3.8, 4) is 0 Å². The third kappa shape index (κ3) is 2.57. The fourth-order valence-electron chi connectivity index (χ4n) is 2.47. The number of rotatable bonds is 3. The van der Waals surface area contributed by atoms with Gasteiger partial charge in [0.1, 0.15) is 12.1 Å². The lowest BCUT2D eigenvalue weighted by atomic mass is 9.88. The molecule has 1 heterocycles. The summed E-state index contributed by atoms with van der Waals surface area (Å²) in [6.07, 6.45) is 12.3. The van der Waals surface area contributed by atoms with Crippen molar-refractivity contribution in [2.75, 3.05) is 5.32 Å². The van der Waals surface area contributed by atoms with E-state index in [1.807, 2.05) is 6.07 Å². The van der Waals surface area contributed by atoms with Crippen molar-refractivity contribution in [1.82, 2.24) is 9.97 Å². The summed E-state index contributed by atoms with van der Waals surface area (Å²) in [5, 5.41) is 4.70. The van der Waals surface area contributed by atoms with Crippen molar-refractivity contribution in [2.45, 2.75) is 25.3 Å². The first-order valence-electron chi connectivity index (χ1n) is 6.75. The Kier molecular flexibility index (Phi) is 3.74. The molecule has 1 aromatic heterocycles. The van der Waals surface area contributed by atoms with Crippen LogP contribution in [0.25, 0.3) is 10.9 Å². The van der Waals surface area contributed by atoms with E-state index in [0.29, 0.717) is 0 Å². The Bertz CT molecular complexity index is 693. The molecule has 2 aromatic rings. The summed E-state index contributed by atoms with van der Waals surface area (Å²) in [4.78, 5) is 8.79. The summed E-state index contributed by atoms with van der Waals surface area (Å²) in [5.74, 6) is 0.912. The fourth-order valence-corrected chi connectivity index (χ4v) is 2.96. The summed E-state index contributed by atoms with van der Waals surface area (Å²) >= 11 is 2.32. The predicted octanol–water partition coefficient (Wildman–Crippen LogP) is 4.31. The Labute approximate surface area is 132 Å². The van der Waals surface area contributed by atoms with Crippen LogP contribution in [-0.4, -0.2) is 15.5 Å². The maximum absolute atomic E-state index is 4.45. The molecule has 0 saturated heterocycles. The van der Waals surface area contributed by atoms with Gasteiger partial charge in [0.05, 0.1) is 11.1 Å². The molecule has 20 heavy (non-hydrogen) atoms. The first-order valence-corrected chi connectivity index (χ1v) is 7.83. The molecule has 1 aliphatic carbocycles. The highest BCUT2D eigenvalue weighted by Crippen LogP contribution is 2.29. The van der Waals surface area contributed by atoms with E-state index >= 15 is 0 Å². The second kappa shape index (κ2) is 5.52. The molecular formula is C16H16IN3. The lowest BCUT2D eigenvalue weighted by Crippen LogP contribution is -2.36. The third-order valence-corrected chi connectivity index (χ3v) is 4.41. The molecular weight excluding hydrogens is 361 g/mol. The van der Waals surface area contributed by atoms with E-state index in [-0.39, 0.29) is 5.54 Å². The largest absolute Gasteiger partial charge is 0.360 e.